The number of nitrogens with zero attached hydrogens (tertiary/aromatic N) is 2. The number of rotatable bonds is 5. The summed E-state index contributed by atoms with van der Waals surface area (Å²) >= 11 is 0. The van der Waals surface area contributed by atoms with E-state index in [2.05, 4.69) is 42.4 Å². The second-order valence-corrected chi connectivity index (χ2v) is 3.87. The Morgan fingerprint density at radius 2 is 2.06 bits per heavy atom. The number of aryl methyl sites for hydroxylation is 1. The molecule has 90 valence electrons. The van der Waals surface area contributed by atoms with Crippen LogP contribution in [0.5, 0.6) is 0 Å². The zero-order valence-corrected chi connectivity index (χ0v) is 10.8. The van der Waals surface area contributed by atoms with Crippen molar-refractivity contribution in [2.24, 2.45) is 7.05 Å². The van der Waals surface area contributed by atoms with Gasteiger partial charge in [0, 0.05) is 18.8 Å². The third-order valence-corrected chi connectivity index (χ3v) is 2.35. The van der Waals surface area contributed by atoms with Crippen LogP contribution in [0.1, 0.15) is 25.8 Å². The number of hydrogen-bond acceptors (Lipinski definition) is 1. The Morgan fingerprint density at radius 3 is 2.71 bits per heavy atom. The van der Waals surface area contributed by atoms with Gasteiger partial charge in [0.05, 0.1) is 6.20 Å². The largest absolute Gasteiger partial charge is 0.275 e. The van der Waals surface area contributed by atoms with E-state index in [1.807, 2.05) is 43.2 Å². The summed E-state index contributed by atoms with van der Waals surface area (Å²) in [4.78, 5) is 0. The van der Waals surface area contributed by atoms with Crippen molar-refractivity contribution in [2.75, 3.05) is 0 Å². The predicted octanol–water partition coefficient (Wildman–Crippen LogP) is 3.90. The molecule has 0 atom stereocenters. The van der Waals surface area contributed by atoms with E-state index in [9.17, 15) is 0 Å². The van der Waals surface area contributed by atoms with Crippen LogP contribution < -0.4 is 0 Å². The third kappa shape index (κ3) is 5.16. The molecule has 0 fully saturated rings. The third-order valence-electron chi connectivity index (χ3n) is 2.35. The molecule has 0 aliphatic rings. The van der Waals surface area contributed by atoms with Crippen molar-refractivity contribution < 1.29 is 0 Å². The first-order chi connectivity index (χ1) is 8.24. The van der Waals surface area contributed by atoms with Crippen LogP contribution in [0.25, 0.3) is 5.57 Å². The lowest BCUT2D eigenvalue weighted by Gasteiger charge is -1.92. The standard InChI is InChI=1S/C15H20N2/c1-4-5-6-7-8-9-10-11-14(2)15-12-16-17(3)13-15/h4-7,9-13H,8H2,1-3H3. The molecule has 0 N–H and O–H groups in total. The Morgan fingerprint density at radius 1 is 1.29 bits per heavy atom. The lowest BCUT2D eigenvalue weighted by molar-refractivity contribution is 0.767. The maximum Gasteiger partial charge on any atom is 0.0564 e. The number of allylic oxidation sites excluding steroid dienone is 8. The maximum atomic E-state index is 4.15. The number of aromatic nitrogens is 2. The molecule has 1 aromatic heterocycles. The molecular weight excluding hydrogens is 208 g/mol. The minimum Gasteiger partial charge on any atom is -0.275 e. The van der Waals surface area contributed by atoms with Crippen LogP contribution in [0.2, 0.25) is 0 Å². The first-order valence-electron chi connectivity index (χ1n) is 5.84. The van der Waals surface area contributed by atoms with Crippen LogP contribution in [0.4, 0.5) is 0 Å². The number of hydrogen-bond donors (Lipinski definition) is 0. The van der Waals surface area contributed by atoms with E-state index < -0.39 is 0 Å². The van der Waals surface area contributed by atoms with Crippen LogP contribution in [-0.2, 0) is 7.05 Å². The van der Waals surface area contributed by atoms with Crippen LogP contribution in [-0.4, -0.2) is 9.78 Å². The summed E-state index contributed by atoms with van der Waals surface area (Å²) < 4.78 is 1.82. The van der Waals surface area contributed by atoms with Crippen LogP contribution in [0, 0.1) is 0 Å². The molecule has 0 unspecified atom stereocenters. The average Bonchev–Trinajstić information content (AvgIpc) is 2.74. The molecule has 0 radical (unpaired) electrons. The van der Waals surface area contributed by atoms with Crippen molar-refractivity contribution in [3.63, 3.8) is 0 Å². The molecule has 0 amide bonds. The fourth-order valence-corrected chi connectivity index (χ4v) is 1.36. The molecule has 0 aliphatic heterocycles. The Kier molecular flexibility index (Phi) is 5.80. The van der Waals surface area contributed by atoms with Gasteiger partial charge in [0.2, 0.25) is 0 Å². The summed E-state index contributed by atoms with van der Waals surface area (Å²) in [6, 6.07) is 0. The van der Waals surface area contributed by atoms with E-state index in [1.54, 1.807) is 0 Å². The van der Waals surface area contributed by atoms with Crippen LogP contribution >= 0.6 is 0 Å². The van der Waals surface area contributed by atoms with Gasteiger partial charge in [0.25, 0.3) is 0 Å². The van der Waals surface area contributed by atoms with Crippen molar-refractivity contribution >= 4 is 5.57 Å². The van der Waals surface area contributed by atoms with E-state index in [0.717, 1.165) is 6.42 Å². The van der Waals surface area contributed by atoms with Gasteiger partial charge in [0.15, 0.2) is 0 Å². The van der Waals surface area contributed by atoms with Gasteiger partial charge in [-0.3, -0.25) is 4.68 Å². The molecular formula is C15H20N2. The highest BCUT2D eigenvalue weighted by atomic mass is 15.2. The van der Waals surface area contributed by atoms with Crippen molar-refractivity contribution in [3.05, 3.63) is 60.5 Å². The van der Waals surface area contributed by atoms with Gasteiger partial charge in [-0.2, -0.15) is 5.10 Å². The van der Waals surface area contributed by atoms with Gasteiger partial charge in [-0.1, -0.05) is 42.5 Å². The first-order valence-corrected chi connectivity index (χ1v) is 5.84. The molecule has 2 heteroatoms. The summed E-state index contributed by atoms with van der Waals surface area (Å²) in [6.45, 7) is 4.11. The Balaban J connectivity index is 2.45. The van der Waals surface area contributed by atoms with Gasteiger partial charge in [-0.25, -0.2) is 0 Å². The first kappa shape index (κ1) is 13.2. The molecule has 0 saturated heterocycles. The summed E-state index contributed by atoms with van der Waals surface area (Å²) in [7, 11) is 1.93. The zero-order chi connectivity index (χ0) is 12.5. The fourth-order valence-electron chi connectivity index (χ4n) is 1.36. The molecule has 0 spiro atoms. The molecule has 0 aliphatic carbocycles. The summed E-state index contributed by atoms with van der Waals surface area (Å²) in [6.07, 6.45) is 19.4. The van der Waals surface area contributed by atoms with Gasteiger partial charge in [-0.05, 0) is 25.8 Å². The molecule has 1 heterocycles. The Bertz CT molecular complexity index is 445. The van der Waals surface area contributed by atoms with E-state index in [4.69, 9.17) is 0 Å². The lowest BCUT2D eigenvalue weighted by atomic mass is 10.1. The highest BCUT2D eigenvalue weighted by Gasteiger charge is 1.95. The van der Waals surface area contributed by atoms with Gasteiger partial charge >= 0.3 is 0 Å². The average molecular weight is 228 g/mol. The van der Waals surface area contributed by atoms with Crippen LogP contribution in [0.3, 0.4) is 0 Å². The second kappa shape index (κ2) is 7.44. The summed E-state index contributed by atoms with van der Waals surface area (Å²) in [5.74, 6) is 0. The molecule has 2 nitrogen and oxygen atoms in total. The normalized spacial score (nSPS) is 13.5. The van der Waals surface area contributed by atoms with E-state index in [0.29, 0.717) is 0 Å². The summed E-state index contributed by atoms with van der Waals surface area (Å²) in [5, 5.41) is 4.15. The minimum absolute atomic E-state index is 0.959. The molecule has 0 aromatic carbocycles. The highest BCUT2D eigenvalue weighted by molar-refractivity contribution is 5.63. The fraction of sp³-hybridized carbons (Fsp3) is 0.267. The zero-order valence-electron chi connectivity index (χ0n) is 10.8. The molecule has 1 aromatic rings. The topological polar surface area (TPSA) is 17.8 Å². The second-order valence-electron chi connectivity index (χ2n) is 3.87. The molecule has 17 heavy (non-hydrogen) atoms. The SMILES string of the molecule is CC=CC=CCC=CC=C(C)c1cnn(C)c1. The maximum absolute atomic E-state index is 4.15. The molecule has 0 saturated carbocycles. The Hall–Kier alpha value is -1.83. The molecule has 0 bridgehead atoms. The van der Waals surface area contributed by atoms with Gasteiger partial charge < -0.3 is 0 Å². The van der Waals surface area contributed by atoms with Crippen molar-refractivity contribution in [3.8, 4) is 0 Å². The summed E-state index contributed by atoms with van der Waals surface area (Å²) in [5.41, 5.74) is 2.40. The highest BCUT2D eigenvalue weighted by Crippen LogP contribution is 2.11. The molecule has 1 rings (SSSR count). The quantitative estimate of drug-likeness (QED) is 0.699. The van der Waals surface area contributed by atoms with Crippen molar-refractivity contribution in [1.29, 1.82) is 0 Å². The van der Waals surface area contributed by atoms with Crippen molar-refractivity contribution in [2.45, 2.75) is 20.3 Å². The van der Waals surface area contributed by atoms with Gasteiger partial charge in [0.1, 0.15) is 0 Å². The van der Waals surface area contributed by atoms with E-state index in [-0.39, 0.29) is 0 Å². The predicted molar refractivity (Wildman–Crippen MR) is 74.6 cm³/mol. The minimum atomic E-state index is 0.959. The van der Waals surface area contributed by atoms with E-state index in [1.165, 1.54) is 11.1 Å². The smallest absolute Gasteiger partial charge is 0.0564 e. The lowest BCUT2D eigenvalue weighted by Crippen LogP contribution is -1.84. The monoisotopic (exact) mass is 228 g/mol. The van der Waals surface area contributed by atoms with Crippen molar-refractivity contribution in [1.82, 2.24) is 9.78 Å². The van der Waals surface area contributed by atoms with E-state index >= 15 is 0 Å². The van der Waals surface area contributed by atoms with Crippen LogP contribution in [0.15, 0.2) is 54.9 Å². The van der Waals surface area contributed by atoms with Gasteiger partial charge in [-0.15, -0.1) is 0 Å². The Labute approximate surface area is 104 Å².